The van der Waals surface area contributed by atoms with Gasteiger partial charge in [-0.15, -0.1) is 0 Å². The third-order valence-corrected chi connectivity index (χ3v) is 4.77. The Balaban J connectivity index is 2.44. The molecule has 7 nitrogen and oxygen atoms in total. The minimum absolute atomic E-state index is 0.153. The lowest BCUT2D eigenvalue weighted by Gasteiger charge is -2.10. The number of hydrogen-bond acceptors (Lipinski definition) is 5. The minimum atomic E-state index is -3.74. The number of nitrogens with zero attached hydrogens (tertiary/aromatic N) is 1. The predicted molar refractivity (Wildman–Crippen MR) is 88.4 cm³/mol. The number of benzene rings is 2. The normalized spacial score (nSPS) is 11.2. The van der Waals surface area contributed by atoms with Gasteiger partial charge in [-0.3, -0.25) is 10.1 Å². The highest BCUT2D eigenvalue weighted by molar-refractivity contribution is 7.89. The van der Waals surface area contributed by atoms with E-state index in [-0.39, 0.29) is 16.3 Å². The lowest BCUT2D eigenvalue weighted by Crippen LogP contribution is -2.18. The van der Waals surface area contributed by atoms with Crippen LogP contribution in [-0.2, 0) is 16.4 Å². The lowest BCUT2D eigenvalue weighted by molar-refractivity contribution is -0.384. The van der Waals surface area contributed by atoms with Crippen LogP contribution in [0, 0.1) is 10.1 Å². The topological polar surface area (TPSA) is 101 Å². The summed E-state index contributed by atoms with van der Waals surface area (Å²) in [6.07, 6.45) is 0.844. The Kier molecular flexibility index (Phi) is 4.97. The average Bonchev–Trinajstić information content (AvgIpc) is 2.55. The van der Waals surface area contributed by atoms with Crippen molar-refractivity contribution in [3.63, 3.8) is 0 Å². The van der Waals surface area contributed by atoms with Gasteiger partial charge < -0.3 is 5.32 Å². The second-order valence-electron chi connectivity index (χ2n) is 4.82. The highest BCUT2D eigenvalue weighted by Crippen LogP contribution is 2.30. The van der Waals surface area contributed by atoms with Crippen molar-refractivity contribution in [1.29, 1.82) is 0 Å². The van der Waals surface area contributed by atoms with E-state index in [2.05, 4.69) is 10.0 Å². The molecular formula is C15H17N3O4S. The van der Waals surface area contributed by atoms with Crippen molar-refractivity contribution in [1.82, 2.24) is 4.72 Å². The second-order valence-corrected chi connectivity index (χ2v) is 6.71. The number of nitrogens with one attached hydrogen (secondary N) is 2. The van der Waals surface area contributed by atoms with E-state index in [0.29, 0.717) is 5.69 Å². The van der Waals surface area contributed by atoms with E-state index >= 15 is 0 Å². The van der Waals surface area contributed by atoms with Crippen LogP contribution in [0.1, 0.15) is 12.5 Å². The molecule has 0 aliphatic carbocycles. The van der Waals surface area contributed by atoms with Crippen LogP contribution in [0.15, 0.2) is 47.4 Å². The van der Waals surface area contributed by atoms with Crippen molar-refractivity contribution >= 4 is 27.1 Å². The molecule has 122 valence electrons. The van der Waals surface area contributed by atoms with Gasteiger partial charge >= 0.3 is 0 Å². The van der Waals surface area contributed by atoms with Crippen molar-refractivity contribution in [2.75, 3.05) is 12.4 Å². The van der Waals surface area contributed by atoms with E-state index in [1.165, 1.54) is 19.2 Å². The van der Waals surface area contributed by atoms with Crippen LogP contribution in [-0.4, -0.2) is 20.4 Å². The van der Waals surface area contributed by atoms with Crippen molar-refractivity contribution in [2.45, 2.75) is 18.2 Å². The van der Waals surface area contributed by atoms with Gasteiger partial charge in [0, 0.05) is 11.8 Å². The third kappa shape index (κ3) is 3.85. The molecule has 2 N–H and O–H groups in total. The van der Waals surface area contributed by atoms with Crippen LogP contribution in [0.2, 0.25) is 0 Å². The Hall–Kier alpha value is -2.45. The van der Waals surface area contributed by atoms with Crippen LogP contribution in [0.4, 0.5) is 17.1 Å². The SMILES string of the molecule is CCc1cccc(Nc2ccc(S(=O)(=O)NC)cc2[N+](=O)[O-])c1. The van der Waals surface area contributed by atoms with Gasteiger partial charge in [0.2, 0.25) is 10.0 Å². The monoisotopic (exact) mass is 335 g/mol. The Morgan fingerprint density at radius 3 is 2.52 bits per heavy atom. The summed E-state index contributed by atoms with van der Waals surface area (Å²) < 4.78 is 25.7. The second kappa shape index (κ2) is 6.76. The van der Waals surface area contributed by atoms with Gasteiger partial charge in [-0.25, -0.2) is 13.1 Å². The molecule has 0 aliphatic heterocycles. The molecule has 2 rings (SSSR count). The van der Waals surface area contributed by atoms with Crippen LogP contribution in [0.5, 0.6) is 0 Å². The van der Waals surface area contributed by atoms with E-state index in [9.17, 15) is 18.5 Å². The maximum atomic E-state index is 11.8. The van der Waals surface area contributed by atoms with Gasteiger partial charge in [0.15, 0.2) is 0 Å². The number of hydrogen-bond donors (Lipinski definition) is 2. The number of aryl methyl sites for hydroxylation is 1. The summed E-state index contributed by atoms with van der Waals surface area (Å²) >= 11 is 0. The molecule has 8 heteroatoms. The molecule has 0 saturated carbocycles. The molecule has 0 bridgehead atoms. The molecule has 0 atom stereocenters. The molecular weight excluding hydrogens is 318 g/mol. The Morgan fingerprint density at radius 2 is 1.91 bits per heavy atom. The Morgan fingerprint density at radius 1 is 1.17 bits per heavy atom. The van der Waals surface area contributed by atoms with Gasteiger partial charge in [0.05, 0.1) is 9.82 Å². The molecule has 0 fully saturated rings. The molecule has 0 unspecified atom stereocenters. The molecule has 23 heavy (non-hydrogen) atoms. The highest BCUT2D eigenvalue weighted by Gasteiger charge is 2.20. The largest absolute Gasteiger partial charge is 0.350 e. The van der Waals surface area contributed by atoms with Crippen LogP contribution in [0.3, 0.4) is 0 Å². The highest BCUT2D eigenvalue weighted by atomic mass is 32.2. The van der Waals surface area contributed by atoms with E-state index in [1.807, 2.05) is 25.1 Å². The summed E-state index contributed by atoms with van der Waals surface area (Å²) in [7, 11) is -2.48. The van der Waals surface area contributed by atoms with Crippen molar-refractivity contribution in [2.24, 2.45) is 0 Å². The molecule has 0 heterocycles. The molecule has 2 aromatic carbocycles. The quantitative estimate of drug-likeness (QED) is 0.624. The average molecular weight is 335 g/mol. The summed E-state index contributed by atoms with van der Waals surface area (Å²) in [5.74, 6) is 0. The molecule has 0 saturated heterocycles. The first-order chi connectivity index (χ1) is 10.9. The van der Waals surface area contributed by atoms with E-state index in [4.69, 9.17) is 0 Å². The maximum Gasteiger partial charge on any atom is 0.294 e. The van der Waals surface area contributed by atoms with Crippen molar-refractivity contribution < 1.29 is 13.3 Å². The summed E-state index contributed by atoms with van der Waals surface area (Å²) in [4.78, 5) is 10.5. The van der Waals surface area contributed by atoms with E-state index in [0.717, 1.165) is 18.1 Å². The fourth-order valence-corrected chi connectivity index (χ4v) is 2.83. The van der Waals surface area contributed by atoms with E-state index in [1.54, 1.807) is 6.07 Å². The summed E-state index contributed by atoms with van der Waals surface area (Å²) in [5, 5.41) is 14.2. The zero-order valence-electron chi connectivity index (χ0n) is 12.7. The van der Waals surface area contributed by atoms with E-state index < -0.39 is 14.9 Å². The van der Waals surface area contributed by atoms with Gasteiger partial charge in [0.25, 0.3) is 5.69 Å². The maximum absolute atomic E-state index is 11.8. The number of rotatable bonds is 6. The molecule has 0 amide bonds. The van der Waals surface area contributed by atoms with Crippen molar-refractivity contribution in [3.8, 4) is 0 Å². The first-order valence-corrected chi connectivity index (χ1v) is 8.43. The van der Waals surface area contributed by atoms with Crippen LogP contribution >= 0.6 is 0 Å². The van der Waals surface area contributed by atoms with Gasteiger partial charge in [-0.2, -0.15) is 0 Å². The molecule has 2 aromatic rings. The number of sulfonamides is 1. The number of nitro groups is 1. The zero-order valence-corrected chi connectivity index (χ0v) is 13.6. The number of anilines is 2. The minimum Gasteiger partial charge on any atom is -0.350 e. The standard InChI is InChI=1S/C15H17N3O4S/c1-3-11-5-4-6-12(9-11)17-14-8-7-13(23(21,22)16-2)10-15(14)18(19)20/h4-10,16-17H,3H2,1-2H3. The summed E-state index contributed by atoms with van der Waals surface area (Å²) in [6.45, 7) is 2.01. The molecule has 0 aromatic heterocycles. The Labute approximate surface area is 134 Å². The molecule has 0 radical (unpaired) electrons. The number of nitro benzene ring substituents is 1. The fourth-order valence-electron chi connectivity index (χ4n) is 2.08. The zero-order chi connectivity index (χ0) is 17.0. The molecule has 0 aliphatic rings. The Bertz CT molecular complexity index is 834. The van der Waals surface area contributed by atoms with Gasteiger partial charge in [-0.1, -0.05) is 19.1 Å². The van der Waals surface area contributed by atoms with Gasteiger partial charge in [0.1, 0.15) is 5.69 Å². The molecule has 0 spiro atoms. The summed E-state index contributed by atoms with van der Waals surface area (Å²) in [5.41, 5.74) is 1.73. The van der Waals surface area contributed by atoms with Gasteiger partial charge in [-0.05, 0) is 43.3 Å². The third-order valence-electron chi connectivity index (χ3n) is 3.36. The predicted octanol–water partition coefficient (Wildman–Crippen LogP) is 2.81. The first-order valence-electron chi connectivity index (χ1n) is 6.95. The lowest BCUT2D eigenvalue weighted by atomic mass is 10.1. The summed E-state index contributed by atoms with van der Waals surface area (Å²) in [6, 6.07) is 11.3. The van der Waals surface area contributed by atoms with Crippen LogP contribution < -0.4 is 10.0 Å². The fraction of sp³-hybridized carbons (Fsp3) is 0.200. The first kappa shape index (κ1) is 16.9. The smallest absolute Gasteiger partial charge is 0.294 e. The van der Waals surface area contributed by atoms with Crippen molar-refractivity contribution in [3.05, 3.63) is 58.1 Å². The van der Waals surface area contributed by atoms with Crippen LogP contribution in [0.25, 0.3) is 0 Å².